The first kappa shape index (κ1) is 14.8. The van der Waals surface area contributed by atoms with Crippen molar-refractivity contribution in [1.82, 2.24) is 9.55 Å². The maximum absolute atomic E-state index is 11.5. The molecule has 0 atom stereocenters. The van der Waals surface area contributed by atoms with Crippen LogP contribution in [0.1, 0.15) is 16.1 Å². The number of anilines is 2. The van der Waals surface area contributed by atoms with E-state index in [4.69, 9.17) is 10.5 Å². The zero-order valence-electron chi connectivity index (χ0n) is 13.2. The highest BCUT2D eigenvalue weighted by molar-refractivity contribution is 5.97. The molecule has 3 heterocycles. The normalized spacial score (nSPS) is 17.0. The third kappa shape index (κ3) is 2.52. The molecule has 7 heteroatoms. The smallest absolute Gasteiger partial charge is 0.271 e. The van der Waals surface area contributed by atoms with Gasteiger partial charge in [0.05, 0.1) is 18.9 Å². The van der Waals surface area contributed by atoms with Crippen molar-refractivity contribution in [3.8, 4) is 0 Å². The van der Waals surface area contributed by atoms with E-state index >= 15 is 0 Å². The first-order valence-electron chi connectivity index (χ1n) is 7.99. The molecule has 0 saturated carbocycles. The van der Waals surface area contributed by atoms with Gasteiger partial charge in [-0.25, -0.2) is 4.98 Å². The van der Waals surface area contributed by atoms with Crippen molar-refractivity contribution >= 4 is 23.1 Å². The van der Waals surface area contributed by atoms with Crippen molar-refractivity contribution in [3.63, 3.8) is 0 Å². The molecule has 0 aliphatic carbocycles. The molecule has 0 spiro atoms. The predicted molar refractivity (Wildman–Crippen MR) is 92.1 cm³/mol. The Hall–Kier alpha value is -2.80. The van der Waals surface area contributed by atoms with Crippen LogP contribution in [-0.4, -0.2) is 48.3 Å². The molecule has 0 unspecified atom stereocenters. The molecule has 3 N–H and O–H groups in total. The van der Waals surface area contributed by atoms with E-state index in [9.17, 15) is 4.79 Å². The molecule has 1 fully saturated rings. The lowest BCUT2D eigenvalue weighted by Gasteiger charge is -2.29. The van der Waals surface area contributed by atoms with Crippen LogP contribution in [0.3, 0.4) is 0 Å². The molecule has 1 aromatic carbocycles. The molecule has 2 aliphatic heterocycles. The predicted octanol–water partition coefficient (Wildman–Crippen LogP) is 1.13. The number of nitrogens with one attached hydrogen (secondary N) is 1. The number of imidazole rings is 1. The quantitative estimate of drug-likeness (QED) is 0.884. The number of amides is 1. The van der Waals surface area contributed by atoms with Crippen LogP contribution in [0.5, 0.6) is 0 Å². The number of nitrogens with zero attached hydrogens (tertiary/aromatic N) is 3. The fraction of sp³-hybridized carbons (Fsp3) is 0.294. The zero-order valence-corrected chi connectivity index (χ0v) is 13.2. The molecule has 0 radical (unpaired) electrons. The summed E-state index contributed by atoms with van der Waals surface area (Å²) >= 11 is 0. The zero-order chi connectivity index (χ0) is 16.5. The number of nitrogens with two attached hydrogens (primary N) is 1. The van der Waals surface area contributed by atoms with E-state index in [-0.39, 0.29) is 5.69 Å². The Kier molecular flexibility index (Phi) is 3.70. The summed E-state index contributed by atoms with van der Waals surface area (Å²) in [6, 6.07) is 8.43. The minimum atomic E-state index is -0.528. The van der Waals surface area contributed by atoms with Crippen molar-refractivity contribution in [2.75, 3.05) is 43.1 Å². The van der Waals surface area contributed by atoms with E-state index in [1.807, 2.05) is 4.57 Å². The Balaban J connectivity index is 1.63. The molecule has 1 aromatic heterocycles. The summed E-state index contributed by atoms with van der Waals surface area (Å²) in [5.74, 6) is 0.123. The molecule has 24 heavy (non-hydrogen) atoms. The third-order valence-electron chi connectivity index (χ3n) is 4.36. The number of fused-ring (bicyclic) bond motifs is 1. The highest BCUT2D eigenvalue weighted by Crippen LogP contribution is 2.28. The topological polar surface area (TPSA) is 85.4 Å². The number of benzene rings is 1. The lowest BCUT2D eigenvalue weighted by molar-refractivity contribution is 0.0997. The highest BCUT2D eigenvalue weighted by Gasteiger charge is 2.21. The molecule has 2 aliphatic rings. The van der Waals surface area contributed by atoms with E-state index in [2.05, 4.69) is 45.5 Å². The van der Waals surface area contributed by atoms with Crippen molar-refractivity contribution in [2.24, 2.45) is 5.73 Å². The van der Waals surface area contributed by atoms with Gasteiger partial charge in [-0.05, 0) is 23.8 Å². The molecular formula is C17H19N5O2. The number of hydrogen-bond acceptors (Lipinski definition) is 5. The summed E-state index contributed by atoms with van der Waals surface area (Å²) in [5, 5.41) is 3.16. The van der Waals surface area contributed by atoms with Gasteiger partial charge in [-0.15, -0.1) is 0 Å². The maximum Gasteiger partial charge on any atom is 0.271 e. The first-order valence-corrected chi connectivity index (χ1v) is 7.99. The minimum absolute atomic E-state index is 0.269. The van der Waals surface area contributed by atoms with Crippen LogP contribution in [0.4, 0.5) is 11.5 Å². The second-order valence-corrected chi connectivity index (χ2v) is 5.79. The van der Waals surface area contributed by atoms with Crippen LogP contribution < -0.4 is 16.0 Å². The summed E-state index contributed by atoms with van der Waals surface area (Å²) < 4.78 is 7.26. The van der Waals surface area contributed by atoms with Crippen LogP contribution in [0.25, 0.3) is 5.70 Å². The average molecular weight is 325 g/mol. The van der Waals surface area contributed by atoms with Gasteiger partial charge in [0.25, 0.3) is 5.91 Å². The van der Waals surface area contributed by atoms with Crippen LogP contribution in [0, 0.1) is 0 Å². The van der Waals surface area contributed by atoms with Crippen LogP contribution >= 0.6 is 0 Å². The SMILES string of the molecule is NC(=O)c1ncn2c1NCC=C2c1ccc(N2CCOCC2)cc1. The lowest BCUT2D eigenvalue weighted by Crippen LogP contribution is -2.36. The summed E-state index contributed by atoms with van der Waals surface area (Å²) in [6.07, 6.45) is 3.70. The maximum atomic E-state index is 11.5. The van der Waals surface area contributed by atoms with Gasteiger partial charge in [0.2, 0.25) is 0 Å². The molecular weight excluding hydrogens is 306 g/mol. The number of hydrogen-bond donors (Lipinski definition) is 2. The monoisotopic (exact) mass is 325 g/mol. The number of morpholine rings is 1. The van der Waals surface area contributed by atoms with E-state index in [0.717, 1.165) is 37.6 Å². The lowest BCUT2D eigenvalue weighted by atomic mass is 10.1. The third-order valence-corrected chi connectivity index (χ3v) is 4.36. The summed E-state index contributed by atoms with van der Waals surface area (Å²) in [4.78, 5) is 17.9. The molecule has 2 aromatic rings. The fourth-order valence-electron chi connectivity index (χ4n) is 3.14. The second kappa shape index (κ2) is 6.01. The summed E-state index contributed by atoms with van der Waals surface area (Å²) in [6.45, 7) is 4.01. The fourth-order valence-corrected chi connectivity index (χ4v) is 3.14. The molecule has 7 nitrogen and oxygen atoms in total. The molecule has 1 amide bonds. The Morgan fingerprint density at radius 2 is 1.96 bits per heavy atom. The summed E-state index contributed by atoms with van der Waals surface area (Å²) in [7, 11) is 0. The van der Waals surface area contributed by atoms with Crippen molar-refractivity contribution < 1.29 is 9.53 Å². The van der Waals surface area contributed by atoms with Crippen LogP contribution in [0.15, 0.2) is 36.7 Å². The van der Waals surface area contributed by atoms with Crippen molar-refractivity contribution in [2.45, 2.75) is 0 Å². The molecule has 0 bridgehead atoms. The van der Waals surface area contributed by atoms with Gasteiger partial charge in [0.15, 0.2) is 5.69 Å². The van der Waals surface area contributed by atoms with Crippen LogP contribution in [-0.2, 0) is 4.74 Å². The van der Waals surface area contributed by atoms with E-state index in [0.29, 0.717) is 12.4 Å². The Bertz CT molecular complexity index is 788. The van der Waals surface area contributed by atoms with E-state index in [1.165, 1.54) is 5.69 Å². The molecule has 4 rings (SSSR count). The van der Waals surface area contributed by atoms with Crippen LogP contribution in [0.2, 0.25) is 0 Å². The van der Waals surface area contributed by atoms with Gasteiger partial charge < -0.3 is 20.7 Å². The average Bonchev–Trinajstić information content (AvgIpc) is 3.07. The van der Waals surface area contributed by atoms with Gasteiger partial charge >= 0.3 is 0 Å². The summed E-state index contributed by atoms with van der Waals surface area (Å²) in [5.41, 5.74) is 8.91. The Labute approximate surface area is 139 Å². The van der Waals surface area contributed by atoms with Crippen molar-refractivity contribution in [3.05, 3.63) is 47.9 Å². The number of primary amides is 1. The number of aromatic nitrogens is 2. The molecule has 124 valence electrons. The van der Waals surface area contributed by atoms with E-state index in [1.54, 1.807) is 6.33 Å². The van der Waals surface area contributed by atoms with Gasteiger partial charge in [-0.2, -0.15) is 0 Å². The second-order valence-electron chi connectivity index (χ2n) is 5.79. The van der Waals surface area contributed by atoms with Gasteiger partial charge in [0.1, 0.15) is 12.1 Å². The van der Waals surface area contributed by atoms with E-state index < -0.39 is 5.91 Å². The Morgan fingerprint density at radius 1 is 1.21 bits per heavy atom. The molecule has 1 saturated heterocycles. The number of carbonyl (C=O) groups excluding carboxylic acids is 1. The number of ether oxygens (including phenoxy) is 1. The number of carbonyl (C=O) groups is 1. The largest absolute Gasteiger partial charge is 0.378 e. The van der Waals surface area contributed by atoms with Crippen molar-refractivity contribution in [1.29, 1.82) is 0 Å². The Morgan fingerprint density at radius 3 is 2.67 bits per heavy atom. The highest BCUT2D eigenvalue weighted by atomic mass is 16.5. The number of rotatable bonds is 3. The van der Waals surface area contributed by atoms with Gasteiger partial charge in [-0.1, -0.05) is 12.1 Å². The van der Waals surface area contributed by atoms with Gasteiger partial charge in [0, 0.05) is 25.3 Å². The standard InChI is InChI=1S/C17H19N5O2/c18-16(23)15-17-19-6-5-14(22(17)11-20-15)12-1-3-13(4-2-12)21-7-9-24-10-8-21/h1-5,11,19H,6-10H2,(H2,18,23). The first-order chi connectivity index (χ1) is 11.7. The van der Waals surface area contributed by atoms with Gasteiger partial charge in [-0.3, -0.25) is 9.36 Å². The minimum Gasteiger partial charge on any atom is -0.378 e.